The first-order chi connectivity index (χ1) is 12.7. The summed E-state index contributed by atoms with van der Waals surface area (Å²) in [6, 6.07) is 16.3. The topological polar surface area (TPSA) is 67.9 Å². The maximum Gasteiger partial charge on any atom is 0.322 e. The fourth-order valence-corrected chi connectivity index (χ4v) is 3.68. The zero-order valence-electron chi connectivity index (χ0n) is 14.4. The van der Waals surface area contributed by atoms with E-state index in [9.17, 15) is 9.59 Å². The number of urea groups is 1. The van der Waals surface area contributed by atoms with E-state index in [2.05, 4.69) is 5.32 Å². The van der Waals surface area contributed by atoms with Crippen LogP contribution in [0, 0.1) is 5.92 Å². The fraction of sp³-hybridized carbons (Fsp3) is 0.300. The van der Waals surface area contributed by atoms with Gasteiger partial charge in [0.25, 0.3) is 0 Å². The van der Waals surface area contributed by atoms with Crippen molar-refractivity contribution in [3.63, 3.8) is 0 Å². The van der Waals surface area contributed by atoms with Gasteiger partial charge >= 0.3 is 12.0 Å². The maximum atomic E-state index is 12.9. The van der Waals surface area contributed by atoms with Gasteiger partial charge in [-0.2, -0.15) is 0 Å². The first-order valence-corrected chi connectivity index (χ1v) is 8.74. The zero-order chi connectivity index (χ0) is 18.1. The van der Waals surface area contributed by atoms with Crippen molar-refractivity contribution in [1.82, 2.24) is 4.90 Å². The number of para-hydroxylation sites is 2. The minimum Gasteiger partial charge on any atom is -0.487 e. The summed E-state index contributed by atoms with van der Waals surface area (Å²) >= 11 is 0. The van der Waals surface area contributed by atoms with Crippen molar-refractivity contribution >= 4 is 17.7 Å². The summed E-state index contributed by atoms with van der Waals surface area (Å²) in [6.07, 6.45) is -0.423. The third kappa shape index (κ3) is 2.77. The Morgan fingerprint density at radius 3 is 2.65 bits per heavy atom. The van der Waals surface area contributed by atoms with Crippen LogP contribution in [0.2, 0.25) is 0 Å². The second kappa shape index (κ2) is 6.71. The summed E-state index contributed by atoms with van der Waals surface area (Å²) < 4.78 is 11.2. The first-order valence-electron chi connectivity index (χ1n) is 8.74. The number of esters is 1. The van der Waals surface area contributed by atoms with Crippen LogP contribution in [0.1, 0.15) is 18.5 Å². The molecule has 1 saturated heterocycles. The van der Waals surface area contributed by atoms with E-state index in [-0.39, 0.29) is 24.6 Å². The fourth-order valence-electron chi connectivity index (χ4n) is 3.68. The monoisotopic (exact) mass is 352 g/mol. The molecular formula is C20H20N2O4. The number of rotatable bonds is 3. The number of benzene rings is 2. The van der Waals surface area contributed by atoms with Gasteiger partial charge in [0, 0.05) is 17.8 Å². The highest BCUT2D eigenvalue weighted by Gasteiger charge is 2.54. The van der Waals surface area contributed by atoms with Gasteiger partial charge in [-0.05, 0) is 25.1 Å². The van der Waals surface area contributed by atoms with Crippen LogP contribution in [-0.2, 0) is 9.53 Å². The lowest BCUT2D eigenvalue weighted by atomic mass is 9.99. The highest BCUT2D eigenvalue weighted by atomic mass is 16.5. The highest BCUT2D eigenvalue weighted by molar-refractivity contribution is 5.91. The van der Waals surface area contributed by atoms with E-state index in [1.54, 1.807) is 11.8 Å². The number of hydrogen-bond donors (Lipinski definition) is 1. The molecule has 0 bridgehead atoms. The number of anilines is 1. The second-order valence-corrected chi connectivity index (χ2v) is 6.37. The van der Waals surface area contributed by atoms with Crippen molar-refractivity contribution in [1.29, 1.82) is 0 Å². The van der Waals surface area contributed by atoms with Crippen molar-refractivity contribution in [3.05, 3.63) is 60.2 Å². The molecule has 4 rings (SSSR count). The van der Waals surface area contributed by atoms with E-state index in [0.29, 0.717) is 18.0 Å². The van der Waals surface area contributed by atoms with Crippen LogP contribution in [0.25, 0.3) is 0 Å². The maximum absolute atomic E-state index is 12.9. The van der Waals surface area contributed by atoms with Crippen LogP contribution in [-0.4, -0.2) is 36.2 Å². The highest BCUT2D eigenvalue weighted by Crippen LogP contribution is 2.47. The Morgan fingerprint density at radius 1 is 1.15 bits per heavy atom. The molecule has 2 amide bonds. The lowest BCUT2D eigenvalue weighted by molar-refractivity contribution is -0.149. The lowest BCUT2D eigenvalue weighted by Crippen LogP contribution is -2.35. The molecule has 3 atom stereocenters. The summed E-state index contributed by atoms with van der Waals surface area (Å²) in [7, 11) is 0. The normalized spacial score (nSPS) is 23.0. The number of nitrogens with zero attached hydrogens (tertiary/aromatic N) is 1. The molecule has 2 aliphatic rings. The first kappa shape index (κ1) is 16.4. The van der Waals surface area contributed by atoms with E-state index >= 15 is 0 Å². The van der Waals surface area contributed by atoms with Crippen LogP contribution in [0.3, 0.4) is 0 Å². The van der Waals surface area contributed by atoms with Crippen molar-refractivity contribution < 1.29 is 19.1 Å². The largest absolute Gasteiger partial charge is 0.487 e. The van der Waals surface area contributed by atoms with Crippen LogP contribution < -0.4 is 10.1 Å². The molecule has 1 fully saturated rings. The van der Waals surface area contributed by atoms with Crippen molar-refractivity contribution in [2.45, 2.75) is 19.1 Å². The summed E-state index contributed by atoms with van der Waals surface area (Å²) in [5.74, 6) is -0.117. The van der Waals surface area contributed by atoms with Gasteiger partial charge in [-0.1, -0.05) is 36.4 Å². The minimum absolute atomic E-state index is 0.252. The third-order valence-corrected chi connectivity index (χ3v) is 4.81. The molecule has 6 heteroatoms. The molecule has 0 saturated carbocycles. The Hall–Kier alpha value is -3.02. The Kier molecular flexibility index (Phi) is 4.24. The molecule has 26 heavy (non-hydrogen) atoms. The SMILES string of the molecule is CCOC(=O)[C@@H]1CN(C(=O)Nc2ccccc2)[C@H]2c3ccccc3O[C@@H]12. The molecule has 6 nitrogen and oxygen atoms in total. The molecule has 0 radical (unpaired) electrons. The number of likely N-dealkylation sites (tertiary alicyclic amines) is 1. The van der Waals surface area contributed by atoms with E-state index in [0.717, 1.165) is 5.56 Å². The average molecular weight is 352 g/mol. The minimum atomic E-state index is -0.506. The Morgan fingerprint density at radius 2 is 1.88 bits per heavy atom. The molecule has 2 aromatic carbocycles. The number of hydrogen-bond acceptors (Lipinski definition) is 4. The van der Waals surface area contributed by atoms with Crippen molar-refractivity contribution in [3.8, 4) is 5.75 Å². The molecule has 0 aromatic heterocycles. The Labute approximate surface area is 151 Å². The summed E-state index contributed by atoms with van der Waals surface area (Å²) in [4.78, 5) is 27.0. The predicted molar refractivity (Wildman–Crippen MR) is 95.9 cm³/mol. The second-order valence-electron chi connectivity index (χ2n) is 6.37. The Balaban J connectivity index is 1.63. The average Bonchev–Trinajstić information content (AvgIpc) is 3.20. The van der Waals surface area contributed by atoms with Crippen LogP contribution in [0.5, 0.6) is 5.75 Å². The van der Waals surface area contributed by atoms with E-state index < -0.39 is 12.0 Å². The quantitative estimate of drug-likeness (QED) is 0.862. The van der Waals surface area contributed by atoms with Gasteiger partial charge in [-0.25, -0.2) is 4.79 Å². The van der Waals surface area contributed by atoms with Crippen LogP contribution >= 0.6 is 0 Å². The standard InChI is InChI=1S/C20H20N2O4/c1-2-25-19(23)15-12-22(20(24)21-13-8-4-3-5-9-13)17-14-10-6-7-11-16(14)26-18(15)17/h3-11,15,17-18H,2,12H2,1H3,(H,21,24)/t15-,17+,18+/m1/s1. The van der Waals surface area contributed by atoms with Gasteiger partial charge in [-0.15, -0.1) is 0 Å². The van der Waals surface area contributed by atoms with Crippen LogP contribution in [0.4, 0.5) is 10.5 Å². The molecular weight excluding hydrogens is 332 g/mol. The lowest BCUT2D eigenvalue weighted by Gasteiger charge is -2.23. The molecule has 1 N–H and O–H groups in total. The third-order valence-electron chi connectivity index (χ3n) is 4.81. The van der Waals surface area contributed by atoms with Gasteiger partial charge in [0.05, 0.1) is 6.61 Å². The number of fused-ring (bicyclic) bond motifs is 3. The molecule has 0 aliphatic carbocycles. The van der Waals surface area contributed by atoms with E-state index in [4.69, 9.17) is 9.47 Å². The molecule has 0 spiro atoms. The Bertz CT molecular complexity index is 824. The number of ether oxygens (including phenoxy) is 2. The molecule has 2 aromatic rings. The van der Waals surface area contributed by atoms with E-state index in [1.165, 1.54) is 0 Å². The number of amides is 2. The number of nitrogens with one attached hydrogen (secondary N) is 1. The zero-order valence-corrected chi connectivity index (χ0v) is 14.4. The summed E-state index contributed by atoms with van der Waals surface area (Å²) in [5.41, 5.74) is 1.63. The van der Waals surface area contributed by atoms with Gasteiger partial charge in [-0.3, -0.25) is 4.79 Å². The molecule has 2 aliphatic heterocycles. The van der Waals surface area contributed by atoms with Crippen LogP contribution in [0.15, 0.2) is 54.6 Å². The number of carbonyl (C=O) groups is 2. The predicted octanol–water partition coefficient (Wildman–Crippen LogP) is 3.22. The van der Waals surface area contributed by atoms with Gasteiger partial charge < -0.3 is 19.7 Å². The van der Waals surface area contributed by atoms with Crippen molar-refractivity contribution in [2.75, 3.05) is 18.5 Å². The number of carbonyl (C=O) groups excluding carboxylic acids is 2. The molecule has 134 valence electrons. The van der Waals surface area contributed by atoms with E-state index in [1.807, 2.05) is 54.6 Å². The molecule has 0 unspecified atom stereocenters. The van der Waals surface area contributed by atoms with Crippen molar-refractivity contribution in [2.24, 2.45) is 5.92 Å². The van der Waals surface area contributed by atoms with Gasteiger partial charge in [0.15, 0.2) is 0 Å². The smallest absolute Gasteiger partial charge is 0.322 e. The summed E-state index contributed by atoms with van der Waals surface area (Å²) in [5, 5.41) is 2.90. The summed E-state index contributed by atoms with van der Waals surface area (Å²) in [6.45, 7) is 2.34. The van der Waals surface area contributed by atoms with Gasteiger partial charge in [0.1, 0.15) is 23.8 Å². The molecule has 2 heterocycles. The van der Waals surface area contributed by atoms with Gasteiger partial charge in [0.2, 0.25) is 0 Å².